The predicted molar refractivity (Wildman–Crippen MR) is 101 cm³/mol. The Kier molecular flexibility index (Phi) is 5.28. The number of benzene rings is 3. The van der Waals surface area contributed by atoms with Gasteiger partial charge in [0, 0.05) is 10.9 Å². The molecule has 25 heavy (non-hydrogen) atoms. The Bertz CT molecular complexity index is 877. The molecule has 2 atom stereocenters. The molecule has 0 amide bonds. The van der Waals surface area contributed by atoms with Gasteiger partial charge in [-0.3, -0.25) is 9.36 Å². The minimum Gasteiger partial charge on any atom is -0.341 e. The molecule has 1 N–H and O–H groups in total. The summed E-state index contributed by atoms with van der Waals surface area (Å²) in [5.74, 6) is -0.306. The summed E-state index contributed by atoms with van der Waals surface area (Å²) in [6.07, 6.45) is 0.219. The topological polar surface area (TPSA) is 54.4 Å². The van der Waals surface area contributed by atoms with Crippen molar-refractivity contribution in [1.29, 1.82) is 0 Å². The molecule has 0 spiro atoms. The molecule has 0 aromatic heterocycles. The molecule has 4 heteroatoms. The molecule has 0 aliphatic rings. The second-order valence-electron chi connectivity index (χ2n) is 5.89. The highest BCUT2D eigenvalue weighted by Gasteiger charge is 2.38. The lowest BCUT2D eigenvalue weighted by atomic mass is 10.0. The van der Waals surface area contributed by atoms with Crippen molar-refractivity contribution < 1.29 is 14.3 Å². The SMILES string of the molecule is O=C(c1ccccc1)[C@H](Cc1ccccc1)P(=O)(O)c1ccccc1. The van der Waals surface area contributed by atoms with Crippen molar-refractivity contribution in [2.75, 3.05) is 0 Å². The summed E-state index contributed by atoms with van der Waals surface area (Å²) >= 11 is 0. The molecule has 0 fully saturated rings. The Morgan fingerprint density at radius 2 is 1.28 bits per heavy atom. The van der Waals surface area contributed by atoms with Crippen molar-refractivity contribution in [2.24, 2.45) is 0 Å². The van der Waals surface area contributed by atoms with E-state index < -0.39 is 13.0 Å². The number of carbonyl (C=O) groups is 1. The van der Waals surface area contributed by atoms with E-state index in [4.69, 9.17) is 0 Å². The van der Waals surface area contributed by atoms with Crippen molar-refractivity contribution in [3.63, 3.8) is 0 Å². The van der Waals surface area contributed by atoms with Crippen LogP contribution in [-0.2, 0) is 11.0 Å². The third-order valence-corrected chi connectivity index (χ3v) is 6.48. The Morgan fingerprint density at radius 1 is 0.800 bits per heavy atom. The van der Waals surface area contributed by atoms with E-state index >= 15 is 0 Å². The number of Topliss-reactive ketones (excluding diaryl/α,β-unsaturated/α-hetero) is 1. The average molecular weight is 350 g/mol. The predicted octanol–water partition coefficient (Wildman–Crippen LogP) is 4.08. The number of hydrogen-bond donors (Lipinski definition) is 1. The van der Waals surface area contributed by atoms with Gasteiger partial charge in [-0.05, 0) is 24.1 Å². The van der Waals surface area contributed by atoms with Gasteiger partial charge in [-0.15, -0.1) is 0 Å². The van der Waals surface area contributed by atoms with Crippen molar-refractivity contribution in [2.45, 2.75) is 12.1 Å². The largest absolute Gasteiger partial charge is 0.341 e. The third-order valence-electron chi connectivity index (χ3n) is 4.18. The van der Waals surface area contributed by atoms with E-state index in [-0.39, 0.29) is 12.2 Å². The van der Waals surface area contributed by atoms with Crippen LogP contribution >= 0.6 is 7.37 Å². The summed E-state index contributed by atoms with van der Waals surface area (Å²) in [5.41, 5.74) is 0.301. The van der Waals surface area contributed by atoms with E-state index in [9.17, 15) is 14.3 Å². The highest BCUT2D eigenvalue weighted by molar-refractivity contribution is 7.67. The van der Waals surface area contributed by atoms with Crippen LogP contribution < -0.4 is 5.30 Å². The normalized spacial score (nSPS) is 14.4. The lowest BCUT2D eigenvalue weighted by Crippen LogP contribution is -2.28. The van der Waals surface area contributed by atoms with Gasteiger partial charge in [-0.1, -0.05) is 78.9 Å². The molecule has 1 unspecified atom stereocenters. The second-order valence-corrected chi connectivity index (χ2v) is 8.28. The van der Waals surface area contributed by atoms with Gasteiger partial charge in [0.05, 0.1) is 0 Å². The highest BCUT2D eigenvalue weighted by Crippen LogP contribution is 2.47. The van der Waals surface area contributed by atoms with Crippen LogP contribution in [0.1, 0.15) is 15.9 Å². The summed E-state index contributed by atoms with van der Waals surface area (Å²) in [5, 5.41) is 0.306. The molecule has 3 rings (SSSR count). The molecule has 126 valence electrons. The van der Waals surface area contributed by atoms with Gasteiger partial charge >= 0.3 is 0 Å². The number of rotatable bonds is 6. The van der Waals surface area contributed by atoms with Gasteiger partial charge < -0.3 is 4.89 Å². The molecule has 0 radical (unpaired) electrons. The van der Waals surface area contributed by atoms with Gasteiger partial charge in [0.15, 0.2) is 5.78 Å². The van der Waals surface area contributed by atoms with Gasteiger partial charge in [0.2, 0.25) is 7.37 Å². The van der Waals surface area contributed by atoms with Crippen molar-refractivity contribution in [3.8, 4) is 0 Å². The Morgan fingerprint density at radius 3 is 1.84 bits per heavy atom. The maximum Gasteiger partial charge on any atom is 0.240 e. The van der Waals surface area contributed by atoms with Gasteiger partial charge in [-0.25, -0.2) is 0 Å². The Labute approximate surface area is 147 Å². The van der Waals surface area contributed by atoms with E-state index in [0.717, 1.165) is 5.56 Å². The fraction of sp³-hybridized carbons (Fsp3) is 0.0952. The molecule has 0 aliphatic heterocycles. The van der Waals surface area contributed by atoms with Crippen LogP contribution in [-0.4, -0.2) is 16.3 Å². The van der Waals surface area contributed by atoms with E-state index in [1.54, 1.807) is 54.6 Å². The minimum absolute atomic E-state index is 0.219. The summed E-state index contributed by atoms with van der Waals surface area (Å²) in [4.78, 5) is 23.9. The first kappa shape index (κ1) is 17.3. The monoisotopic (exact) mass is 350 g/mol. The third kappa shape index (κ3) is 3.96. The molecule has 3 nitrogen and oxygen atoms in total. The van der Waals surface area contributed by atoms with E-state index in [0.29, 0.717) is 10.9 Å². The molecule has 3 aromatic rings. The fourth-order valence-corrected chi connectivity index (χ4v) is 4.71. The van der Waals surface area contributed by atoms with E-state index in [1.165, 1.54) is 0 Å². The average Bonchev–Trinajstić information content (AvgIpc) is 2.67. The Hall–Kier alpha value is -2.48. The summed E-state index contributed by atoms with van der Waals surface area (Å²) < 4.78 is 13.3. The fourth-order valence-electron chi connectivity index (χ4n) is 2.83. The maximum absolute atomic E-state index is 13.3. The Balaban J connectivity index is 2.03. The zero-order chi connectivity index (χ0) is 17.7. The van der Waals surface area contributed by atoms with Gasteiger partial charge in [-0.2, -0.15) is 0 Å². The lowest BCUT2D eigenvalue weighted by Gasteiger charge is -2.22. The number of ketones is 1. The van der Waals surface area contributed by atoms with E-state index in [2.05, 4.69) is 0 Å². The van der Waals surface area contributed by atoms with Crippen LogP contribution in [0.5, 0.6) is 0 Å². The van der Waals surface area contributed by atoms with Crippen molar-refractivity contribution >= 4 is 18.5 Å². The van der Waals surface area contributed by atoms with Crippen LogP contribution in [0.2, 0.25) is 0 Å². The zero-order valence-corrected chi connectivity index (χ0v) is 14.6. The summed E-state index contributed by atoms with van der Waals surface area (Å²) in [6, 6.07) is 26.5. The number of hydrogen-bond acceptors (Lipinski definition) is 2. The highest BCUT2D eigenvalue weighted by atomic mass is 31.2. The second kappa shape index (κ2) is 7.60. The molecule has 3 aromatic carbocycles. The minimum atomic E-state index is -3.89. The molecule has 0 bridgehead atoms. The number of carbonyl (C=O) groups excluding carboxylic acids is 1. The molecule has 0 saturated heterocycles. The lowest BCUT2D eigenvalue weighted by molar-refractivity contribution is 0.0983. The van der Waals surface area contributed by atoms with Crippen molar-refractivity contribution in [3.05, 3.63) is 102 Å². The smallest absolute Gasteiger partial charge is 0.240 e. The standard InChI is InChI=1S/C21H19O3P/c22-21(18-12-6-2-7-13-18)20(16-17-10-4-1-5-11-17)25(23,24)19-14-8-3-9-15-19/h1-15,20H,16H2,(H,23,24)/t20-/m0/s1. The van der Waals surface area contributed by atoms with Crippen LogP contribution in [0.3, 0.4) is 0 Å². The molecule has 0 saturated carbocycles. The van der Waals surface area contributed by atoms with Gasteiger partial charge in [0.1, 0.15) is 5.66 Å². The maximum atomic E-state index is 13.3. The first-order chi connectivity index (χ1) is 12.1. The molecule has 0 aliphatic carbocycles. The van der Waals surface area contributed by atoms with Crippen LogP contribution in [0.25, 0.3) is 0 Å². The van der Waals surface area contributed by atoms with Crippen molar-refractivity contribution in [1.82, 2.24) is 0 Å². The van der Waals surface area contributed by atoms with Crippen LogP contribution in [0.4, 0.5) is 0 Å². The molecule has 0 heterocycles. The first-order valence-electron chi connectivity index (χ1n) is 8.10. The quantitative estimate of drug-likeness (QED) is 0.538. The molecular formula is C21H19O3P. The zero-order valence-electron chi connectivity index (χ0n) is 13.7. The summed E-state index contributed by atoms with van der Waals surface area (Å²) in [6.45, 7) is 0. The van der Waals surface area contributed by atoms with E-state index in [1.807, 2.05) is 36.4 Å². The molecular weight excluding hydrogens is 331 g/mol. The van der Waals surface area contributed by atoms with Gasteiger partial charge in [0.25, 0.3) is 0 Å². The van der Waals surface area contributed by atoms with Crippen LogP contribution in [0, 0.1) is 0 Å². The summed E-state index contributed by atoms with van der Waals surface area (Å²) in [7, 11) is -3.89. The van der Waals surface area contributed by atoms with Crippen LogP contribution in [0.15, 0.2) is 91.0 Å². The first-order valence-corrected chi connectivity index (χ1v) is 9.83.